The predicted molar refractivity (Wildman–Crippen MR) is 109 cm³/mol. The van der Waals surface area contributed by atoms with E-state index < -0.39 is 5.82 Å². The van der Waals surface area contributed by atoms with E-state index in [1.165, 1.54) is 18.5 Å². The van der Waals surface area contributed by atoms with E-state index in [-0.39, 0.29) is 36.0 Å². The summed E-state index contributed by atoms with van der Waals surface area (Å²) < 4.78 is 16.2. The molecule has 1 N–H and O–H groups in total. The summed E-state index contributed by atoms with van der Waals surface area (Å²) in [6.45, 7) is 3.27. The Labute approximate surface area is 172 Å². The molecule has 0 spiro atoms. The van der Waals surface area contributed by atoms with Crippen LogP contribution in [-0.4, -0.2) is 38.1 Å². The number of anilines is 2. The first-order valence-corrected chi connectivity index (χ1v) is 9.72. The maximum absolute atomic E-state index is 14.4. The van der Waals surface area contributed by atoms with E-state index in [0.717, 1.165) is 24.5 Å². The monoisotopic (exact) mass is 408 g/mol. The second-order valence-corrected chi connectivity index (χ2v) is 7.11. The van der Waals surface area contributed by atoms with Crippen LogP contribution in [0.1, 0.15) is 25.0 Å². The molecule has 0 unspecified atom stereocenters. The van der Waals surface area contributed by atoms with Gasteiger partial charge in [0, 0.05) is 56.0 Å². The molecule has 3 aromatic rings. The van der Waals surface area contributed by atoms with Gasteiger partial charge in [0.15, 0.2) is 5.82 Å². The van der Waals surface area contributed by atoms with Gasteiger partial charge in [-0.1, -0.05) is 0 Å². The number of fused-ring (bicyclic) bond motifs is 1. The highest BCUT2D eigenvalue weighted by Crippen LogP contribution is 2.23. The van der Waals surface area contributed by atoms with Crippen molar-refractivity contribution in [3.05, 3.63) is 54.4 Å². The zero-order valence-electron chi connectivity index (χ0n) is 16.5. The van der Waals surface area contributed by atoms with Gasteiger partial charge < -0.3 is 5.32 Å². The molecule has 0 atom stereocenters. The van der Waals surface area contributed by atoms with Gasteiger partial charge in [-0.15, -0.1) is 0 Å². The molecule has 4 heterocycles. The fraction of sp³-hybridized carbons (Fsp3) is 0.286. The van der Waals surface area contributed by atoms with Gasteiger partial charge in [-0.05, 0) is 25.5 Å². The van der Waals surface area contributed by atoms with Gasteiger partial charge in [-0.25, -0.2) is 9.07 Å². The molecule has 4 rings (SSSR count). The second kappa shape index (κ2) is 8.40. The fourth-order valence-corrected chi connectivity index (χ4v) is 3.46. The smallest absolute Gasteiger partial charge is 0.228 e. The number of hydrogen-bond donors (Lipinski definition) is 1. The number of aryl methyl sites for hydroxylation is 2. The van der Waals surface area contributed by atoms with Crippen molar-refractivity contribution >= 4 is 23.3 Å². The van der Waals surface area contributed by atoms with E-state index in [1.807, 2.05) is 17.7 Å². The molecule has 0 radical (unpaired) electrons. The standard InChI is InChI=1S/C21H21FN6O2/c1-14-10-19-27(8-3-9-28(19)26-14)20(30)6-5-18(29)25-16-11-17(22)21(24-13-16)15-4-2-7-23-12-15/h2,4,7,10-13H,3,5-6,8-9H2,1H3,(H,25,29). The molecule has 154 valence electrons. The zero-order chi connectivity index (χ0) is 21.1. The van der Waals surface area contributed by atoms with Gasteiger partial charge >= 0.3 is 0 Å². The Hall–Kier alpha value is -3.62. The summed E-state index contributed by atoms with van der Waals surface area (Å²) in [5, 5.41) is 6.97. The molecule has 8 nitrogen and oxygen atoms in total. The number of carbonyl (C=O) groups is 2. The van der Waals surface area contributed by atoms with Gasteiger partial charge in [-0.2, -0.15) is 5.10 Å². The molecule has 30 heavy (non-hydrogen) atoms. The van der Waals surface area contributed by atoms with Crippen molar-refractivity contribution in [2.75, 3.05) is 16.8 Å². The van der Waals surface area contributed by atoms with E-state index in [1.54, 1.807) is 23.2 Å². The van der Waals surface area contributed by atoms with E-state index in [4.69, 9.17) is 0 Å². The van der Waals surface area contributed by atoms with Crippen LogP contribution in [-0.2, 0) is 16.1 Å². The average Bonchev–Trinajstić information content (AvgIpc) is 3.13. The summed E-state index contributed by atoms with van der Waals surface area (Å²) in [5.41, 5.74) is 1.80. The second-order valence-electron chi connectivity index (χ2n) is 7.11. The molecule has 2 amide bonds. The SMILES string of the molecule is Cc1cc2n(n1)CCCN2C(=O)CCC(=O)Nc1cnc(-c2cccnc2)c(F)c1. The van der Waals surface area contributed by atoms with Crippen molar-refractivity contribution in [2.24, 2.45) is 0 Å². The van der Waals surface area contributed by atoms with Crippen LogP contribution in [0.15, 0.2) is 42.9 Å². The van der Waals surface area contributed by atoms with E-state index in [2.05, 4.69) is 20.4 Å². The highest BCUT2D eigenvalue weighted by Gasteiger charge is 2.24. The lowest BCUT2D eigenvalue weighted by Crippen LogP contribution is -2.37. The third-order valence-electron chi connectivity index (χ3n) is 4.84. The number of aromatic nitrogens is 4. The number of pyridine rings is 2. The molecular formula is C21H21FN6O2. The molecule has 1 aliphatic rings. The minimum absolute atomic E-state index is 0.00553. The quantitative estimate of drug-likeness (QED) is 0.701. The molecule has 0 saturated heterocycles. The first kappa shape index (κ1) is 19.7. The Morgan fingerprint density at radius 3 is 2.83 bits per heavy atom. The number of carbonyl (C=O) groups excluding carboxylic acids is 2. The van der Waals surface area contributed by atoms with Crippen molar-refractivity contribution in [1.82, 2.24) is 19.7 Å². The molecule has 0 aliphatic carbocycles. The Balaban J connectivity index is 1.35. The van der Waals surface area contributed by atoms with Gasteiger partial charge in [0.05, 0.1) is 17.6 Å². The molecular weight excluding hydrogens is 387 g/mol. The maximum atomic E-state index is 14.4. The molecule has 0 aromatic carbocycles. The van der Waals surface area contributed by atoms with Gasteiger partial charge in [-0.3, -0.25) is 24.5 Å². The zero-order valence-corrected chi connectivity index (χ0v) is 16.5. The number of nitrogens with one attached hydrogen (secondary N) is 1. The van der Waals surface area contributed by atoms with Crippen molar-refractivity contribution in [3.63, 3.8) is 0 Å². The van der Waals surface area contributed by atoms with Gasteiger partial charge in [0.2, 0.25) is 11.8 Å². The molecule has 0 saturated carbocycles. The first-order chi connectivity index (χ1) is 14.5. The highest BCUT2D eigenvalue weighted by molar-refractivity contribution is 5.97. The lowest BCUT2D eigenvalue weighted by atomic mass is 10.2. The number of hydrogen-bond acceptors (Lipinski definition) is 5. The van der Waals surface area contributed by atoms with Crippen molar-refractivity contribution in [3.8, 4) is 11.3 Å². The molecule has 3 aromatic heterocycles. The Morgan fingerprint density at radius 2 is 2.07 bits per heavy atom. The van der Waals surface area contributed by atoms with Crippen LogP contribution >= 0.6 is 0 Å². The van der Waals surface area contributed by atoms with Crippen molar-refractivity contribution in [2.45, 2.75) is 32.7 Å². The topological polar surface area (TPSA) is 93.0 Å². The average molecular weight is 408 g/mol. The van der Waals surface area contributed by atoms with Crippen LogP contribution in [0, 0.1) is 12.7 Å². The van der Waals surface area contributed by atoms with Crippen LogP contribution in [0.5, 0.6) is 0 Å². The van der Waals surface area contributed by atoms with Crippen molar-refractivity contribution < 1.29 is 14.0 Å². The Kier molecular flexibility index (Phi) is 5.51. The van der Waals surface area contributed by atoms with E-state index in [9.17, 15) is 14.0 Å². The summed E-state index contributed by atoms with van der Waals surface area (Å²) >= 11 is 0. The Morgan fingerprint density at radius 1 is 1.20 bits per heavy atom. The molecule has 1 aliphatic heterocycles. The summed E-state index contributed by atoms with van der Waals surface area (Å²) in [6.07, 6.45) is 5.37. The summed E-state index contributed by atoms with van der Waals surface area (Å²) in [7, 11) is 0. The molecule has 0 fully saturated rings. The first-order valence-electron chi connectivity index (χ1n) is 9.72. The van der Waals surface area contributed by atoms with Gasteiger partial charge in [0.25, 0.3) is 0 Å². The number of rotatable bonds is 5. The third-order valence-corrected chi connectivity index (χ3v) is 4.84. The molecule has 0 bridgehead atoms. The minimum atomic E-state index is -0.561. The highest BCUT2D eigenvalue weighted by atomic mass is 19.1. The van der Waals surface area contributed by atoms with E-state index >= 15 is 0 Å². The minimum Gasteiger partial charge on any atom is -0.325 e. The number of halogens is 1. The van der Waals surface area contributed by atoms with Crippen LogP contribution in [0.4, 0.5) is 15.9 Å². The van der Waals surface area contributed by atoms with Crippen LogP contribution in [0.25, 0.3) is 11.3 Å². The molecule has 9 heteroatoms. The Bertz CT molecular complexity index is 1080. The lowest BCUT2D eigenvalue weighted by Gasteiger charge is -2.27. The normalized spacial score (nSPS) is 13.1. The summed E-state index contributed by atoms with van der Waals surface area (Å²) in [4.78, 5) is 34.6. The number of amides is 2. The lowest BCUT2D eigenvalue weighted by molar-refractivity contribution is -0.122. The summed E-state index contributed by atoms with van der Waals surface area (Å²) in [5.74, 6) is -0.308. The third kappa shape index (κ3) is 4.19. The van der Waals surface area contributed by atoms with Crippen LogP contribution < -0.4 is 10.2 Å². The fourth-order valence-electron chi connectivity index (χ4n) is 3.46. The van der Waals surface area contributed by atoms with Crippen LogP contribution in [0.3, 0.4) is 0 Å². The predicted octanol–water partition coefficient (Wildman–Crippen LogP) is 2.94. The largest absolute Gasteiger partial charge is 0.325 e. The number of nitrogens with zero attached hydrogens (tertiary/aromatic N) is 5. The van der Waals surface area contributed by atoms with Gasteiger partial charge in [0.1, 0.15) is 11.5 Å². The van der Waals surface area contributed by atoms with Crippen LogP contribution in [0.2, 0.25) is 0 Å². The van der Waals surface area contributed by atoms with Crippen molar-refractivity contribution in [1.29, 1.82) is 0 Å². The maximum Gasteiger partial charge on any atom is 0.228 e. The summed E-state index contributed by atoms with van der Waals surface area (Å²) in [6, 6.07) is 6.48. The van der Waals surface area contributed by atoms with E-state index in [0.29, 0.717) is 12.1 Å².